The van der Waals surface area contributed by atoms with E-state index in [1.807, 2.05) is 0 Å². The summed E-state index contributed by atoms with van der Waals surface area (Å²) in [4.78, 5) is 12.2. The standard InChI is InChI=1S/C16H21BrFNO2/c1-2-21-16(20)15(19-12-6-4-3-5-7-12)11-8-9-14(18)13(17)10-11/h8-10,12,15,19H,2-7H2,1H3. The molecule has 0 aromatic heterocycles. The third kappa shape index (κ3) is 4.51. The number of hydrogen-bond donors (Lipinski definition) is 1. The lowest BCUT2D eigenvalue weighted by Gasteiger charge is -2.27. The molecule has 0 amide bonds. The number of benzene rings is 1. The number of halogens is 2. The molecule has 5 heteroatoms. The highest BCUT2D eigenvalue weighted by Crippen LogP contribution is 2.25. The number of ether oxygens (including phenoxy) is 1. The van der Waals surface area contributed by atoms with E-state index < -0.39 is 6.04 Å². The quantitative estimate of drug-likeness (QED) is 0.805. The number of hydrogen-bond acceptors (Lipinski definition) is 3. The topological polar surface area (TPSA) is 38.3 Å². The second kappa shape index (κ2) is 7.90. The normalized spacial score (nSPS) is 17.5. The first-order valence-electron chi connectivity index (χ1n) is 7.49. The molecule has 3 nitrogen and oxygen atoms in total. The van der Waals surface area contributed by atoms with Gasteiger partial charge in [0.2, 0.25) is 0 Å². The van der Waals surface area contributed by atoms with Crippen molar-refractivity contribution < 1.29 is 13.9 Å². The zero-order valence-electron chi connectivity index (χ0n) is 12.2. The van der Waals surface area contributed by atoms with Gasteiger partial charge in [0.1, 0.15) is 11.9 Å². The fourth-order valence-electron chi connectivity index (χ4n) is 2.72. The molecule has 0 heterocycles. The van der Waals surface area contributed by atoms with E-state index in [0.29, 0.717) is 17.1 Å². The van der Waals surface area contributed by atoms with Crippen molar-refractivity contribution in [3.63, 3.8) is 0 Å². The summed E-state index contributed by atoms with van der Waals surface area (Å²) in [6.07, 6.45) is 5.75. The van der Waals surface area contributed by atoms with Crippen LogP contribution in [0.15, 0.2) is 22.7 Å². The first-order valence-corrected chi connectivity index (χ1v) is 8.28. The summed E-state index contributed by atoms with van der Waals surface area (Å²) in [5, 5.41) is 3.39. The van der Waals surface area contributed by atoms with Crippen LogP contribution in [0.25, 0.3) is 0 Å². The lowest BCUT2D eigenvalue weighted by atomic mass is 9.94. The molecule has 1 unspecified atom stereocenters. The first kappa shape index (κ1) is 16.4. The van der Waals surface area contributed by atoms with Gasteiger partial charge in [0.05, 0.1) is 11.1 Å². The summed E-state index contributed by atoms with van der Waals surface area (Å²) in [5.41, 5.74) is 0.729. The zero-order valence-corrected chi connectivity index (χ0v) is 13.8. The van der Waals surface area contributed by atoms with Crippen molar-refractivity contribution in [3.8, 4) is 0 Å². The van der Waals surface area contributed by atoms with Gasteiger partial charge in [-0.25, -0.2) is 9.18 Å². The van der Waals surface area contributed by atoms with E-state index in [4.69, 9.17) is 4.74 Å². The van der Waals surface area contributed by atoms with Gasteiger partial charge < -0.3 is 4.74 Å². The molecule has 0 bridgehead atoms. The minimum atomic E-state index is -0.537. The predicted octanol–water partition coefficient (Wildman–Crippen LogP) is 4.11. The smallest absolute Gasteiger partial charge is 0.327 e. The van der Waals surface area contributed by atoms with E-state index in [1.165, 1.54) is 25.3 Å². The van der Waals surface area contributed by atoms with Crippen LogP contribution in [0.1, 0.15) is 50.6 Å². The third-order valence-corrected chi connectivity index (χ3v) is 4.41. The van der Waals surface area contributed by atoms with Gasteiger partial charge in [0.25, 0.3) is 0 Å². The summed E-state index contributed by atoms with van der Waals surface area (Å²) in [6.45, 7) is 2.13. The van der Waals surface area contributed by atoms with Crippen LogP contribution in [0, 0.1) is 5.82 Å². The average Bonchev–Trinajstić information content (AvgIpc) is 2.49. The Kier molecular flexibility index (Phi) is 6.18. The monoisotopic (exact) mass is 357 g/mol. The molecule has 1 N–H and O–H groups in total. The largest absolute Gasteiger partial charge is 0.465 e. The third-order valence-electron chi connectivity index (χ3n) is 3.81. The summed E-state index contributed by atoms with van der Waals surface area (Å²) in [5.74, 6) is -0.638. The van der Waals surface area contributed by atoms with E-state index in [2.05, 4.69) is 21.2 Å². The SMILES string of the molecule is CCOC(=O)C(NC1CCCCC1)c1ccc(F)c(Br)c1. The molecule has 1 aliphatic rings. The van der Waals surface area contributed by atoms with Crippen molar-refractivity contribution in [2.24, 2.45) is 0 Å². The van der Waals surface area contributed by atoms with E-state index in [-0.39, 0.29) is 11.8 Å². The molecule has 21 heavy (non-hydrogen) atoms. The second-order valence-electron chi connectivity index (χ2n) is 5.36. The Hall–Kier alpha value is -0.940. The molecule has 1 aromatic carbocycles. The van der Waals surface area contributed by atoms with Crippen molar-refractivity contribution in [2.75, 3.05) is 6.61 Å². The second-order valence-corrected chi connectivity index (χ2v) is 6.21. The fraction of sp³-hybridized carbons (Fsp3) is 0.562. The lowest BCUT2D eigenvalue weighted by Crippen LogP contribution is -2.39. The highest BCUT2D eigenvalue weighted by atomic mass is 79.9. The van der Waals surface area contributed by atoms with Gasteiger partial charge in [0, 0.05) is 6.04 Å². The molecule has 1 aliphatic carbocycles. The molecule has 1 aromatic rings. The van der Waals surface area contributed by atoms with Crippen molar-refractivity contribution in [1.29, 1.82) is 0 Å². The molecular formula is C16H21BrFNO2. The number of carbonyl (C=O) groups is 1. The van der Waals surface area contributed by atoms with Crippen LogP contribution in [-0.2, 0) is 9.53 Å². The number of carbonyl (C=O) groups excluding carboxylic acids is 1. The maximum absolute atomic E-state index is 13.4. The molecule has 1 atom stereocenters. The molecule has 1 fully saturated rings. The Morgan fingerprint density at radius 2 is 2.14 bits per heavy atom. The Morgan fingerprint density at radius 3 is 2.76 bits per heavy atom. The summed E-state index contributed by atoms with van der Waals surface area (Å²) >= 11 is 3.17. The van der Waals surface area contributed by atoms with Crippen molar-refractivity contribution in [1.82, 2.24) is 5.32 Å². The Morgan fingerprint density at radius 1 is 1.43 bits per heavy atom. The summed E-state index contributed by atoms with van der Waals surface area (Å²) < 4.78 is 18.9. The van der Waals surface area contributed by atoms with Crippen LogP contribution in [0.3, 0.4) is 0 Å². The highest BCUT2D eigenvalue weighted by Gasteiger charge is 2.26. The Labute approximate surface area is 133 Å². The van der Waals surface area contributed by atoms with Crippen LogP contribution in [0.2, 0.25) is 0 Å². The van der Waals surface area contributed by atoms with Crippen molar-refractivity contribution >= 4 is 21.9 Å². The maximum Gasteiger partial charge on any atom is 0.327 e. The van der Waals surface area contributed by atoms with Gasteiger partial charge >= 0.3 is 5.97 Å². The van der Waals surface area contributed by atoms with Gasteiger partial charge in [-0.15, -0.1) is 0 Å². The van der Waals surface area contributed by atoms with Crippen molar-refractivity contribution in [2.45, 2.75) is 51.1 Å². The van der Waals surface area contributed by atoms with Crippen LogP contribution in [0.5, 0.6) is 0 Å². The van der Waals surface area contributed by atoms with Gasteiger partial charge in [-0.1, -0.05) is 25.3 Å². The molecule has 2 rings (SSSR count). The maximum atomic E-state index is 13.4. The van der Waals surface area contributed by atoms with Gasteiger partial charge in [0.15, 0.2) is 0 Å². The number of esters is 1. The molecule has 0 saturated heterocycles. The van der Waals surface area contributed by atoms with E-state index in [0.717, 1.165) is 18.4 Å². The predicted molar refractivity (Wildman–Crippen MR) is 83.5 cm³/mol. The highest BCUT2D eigenvalue weighted by molar-refractivity contribution is 9.10. The fourth-order valence-corrected chi connectivity index (χ4v) is 3.12. The Bertz CT molecular complexity index is 489. The van der Waals surface area contributed by atoms with Crippen LogP contribution >= 0.6 is 15.9 Å². The molecular weight excluding hydrogens is 337 g/mol. The summed E-state index contributed by atoms with van der Waals surface area (Å²) in [7, 11) is 0. The molecule has 1 saturated carbocycles. The van der Waals surface area contributed by atoms with Gasteiger partial charge in [-0.2, -0.15) is 0 Å². The van der Waals surface area contributed by atoms with E-state index in [1.54, 1.807) is 19.1 Å². The summed E-state index contributed by atoms with van der Waals surface area (Å²) in [6, 6.07) is 4.43. The van der Waals surface area contributed by atoms with Gasteiger partial charge in [-0.3, -0.25) is 5.32 Å². The lowest BCUT2D eigenvalue weighted by molar-refractivity contribution is -0.146. The molecule has 0 aliphatic heterocycles. The van der Waals surface area contributed by atoms with Crippen LogP contribution < -0.4 is 5.32 Å². The zero-order chi connectivity index (χ0) is 15.2. The van der Waals surface area contributed by atoms with Crippen LogP contribution in [-0.4, -0.2) is 18.6 Å². The number of nitrogens with one attached hydrogen (secondary N) is 1. The molecule has 116 valence electrons. The minimum Gasteiger partial charge on any atom is -0.465 e. The van der Waals surface area contributed by atoms with Gasteiger partial charge in [-0.05, 0) is 53.4 Å². The first-order chi connectivity index (χ1) is 10.1. The Balaban J connectivity index is 2.17. The van der Waals surface area contributed by atoms with Crippen molar-refractivity contribution in [3.05, 3.63) is 34.1 Å². The number of rotatable bonds is 5. The molecule has 0 radical (unpaired) electrons. The van der Waals surface area contributed by atoms with E-state index in [9.17, 15) is 9.18 Å². The minimum absolute atomic E-state index is 0.304. The molecule has 0 spiro atoms. The average molecular weight is 358 g/mol. The van der Waals surface area contributed by atoms with Crippen LogP contribution in [0.4, 0.5) is 4.39 Å². The van der Waals surface area contributed by atoms with E-state index >= 15 is 0 Å².